The molecule has 1 saturated heterocycles. The molecule has 0 spiro atoms. The molecule has 0 atom stereocenters. The highest BCUT2D eigenvalue weighted by molar-refractivity contribution is 6.30. The number of ether oxygens (including phenoxy) is 3. The first-order valence-corrected chi connectivity index (χ1v) is 14.2. The molecule has 1 fully saturated rings. The summed E-state index contributed by atoms with van der Waals surface area (Å²) in [5.74, 6) is 0.604. The molecular formula is C32H32ClFN4O4. The van der Waals surface area contributed by atoms with Gasteiger partial charge in [0, 0.05) is 29.2 Å². The summed E-state index contributed by atoms with van der Waals surface area (Å²) in [5, 5.41) is 5.20. The van der Waals surface area contributed by atoms with Crippen LogP contribution in [0.4, 0.5) is 4.39 Å². The Balaban J connectivity index is 1.21. The van der Waals surface area contributed by atoms with E-state index in [2.05, 4.69) is 20.4 Å². The Morgan fingerprint density at radius 3 is 2.62 bits per heavy atom. The maximum absolute atomic E-state index is 15.0. The number of nitrogens with one attached hydrogen (secondary N) is 1. The van der Waals surface area contributed by atoms with E-state index in [0.29, 0.717) is 45.3 Å². The highest BCUT2D eigenvalue weighted by atomic mass is 35.5. The second-order valence-corrected chi connectivity index (χ2v) is 10.4. The van der Waals surface area contributed by atoms with Crippen LogP contribution in [0, 0.1) is 5.82 Å². The van der Waals surface area contributed by atoms with E-state index < -0.39 is 5.82 Å². The Morgan fingerprint density at radius 2 is 1.86 bits per heavy atom. The number of hydrazone groups is 1. The predicted octanol–water partition coefficient (Wildman–Crippen LogP) is 6.39. The second kappa shape index (κ2) is 14.1. The fourth-order valence-electron chi connectivity index (χ4n) is 4.77. The fourth-order valence-corrected chi connectivity index (χ4v) is 4.90. The van der Waals surface area contributed by atoms with Crippen LogP contribution in [-0.4, -0.2) is 55.4 Å². The molecule has 2 heterocycles. The Morgan fingerprint density at radius 1 is 1.05 bits per heavy atom. The Bertz CT molecular complexity index is 1560. The number of carbonyl (C=O) groups is 1. The molecule has 5 rings (SSSR count). The molecule has 3 aromatic carbocycles. The number of rotatable bonds is 12. The standard InChI is InChI=1S/C32H32ClFN4O4/c1-40-30-19-25-27(20-31(30)41-16-4-15-38-13-2-3-14-38)35-12-11-28(25)42-29-10-7-23(17-26(29)34)18-32(39)37-36-21-22-5-8-24(33)9-6-22/h5-12,17,19-21H,2-4,13-16,18H2,1H3,(H,37,39)/b36-21+. The lowest BCUT2D eigenvalue weighted by Gasteiger charge is -2.16. The van der Waals surface area contributed by atoms with Crippen LogP contribution in [-0.2, 0) is 11.2 Å². The molecule has 1 amide bonds. The van der Waals surface area contributed by atoms with Gasteiger partial charge in [-0.05, 0) is 79.9 Å². The SMILES string of the molecule is COc1cc2c(Oc3ccc(CC(=O)N/N=C/c4ccc(Cl)cc4)cc3F)ccnc2cc1OCCCN1CCCC1. The number of halogens is 2. The summed E-state index contributed by atoms with van der Waals surface area (Å²) in [5.41, 5.74) is 4.34. The van der Waals surface area contributed by atoms with E-state index in [1.54, 1.807) is 55.8 Å². The number of hydrogen-bond acceptors (Lipinski definition) is 7. The first kappa shape index (κ1) is 29.3. The van der Waals surface area contributed by atoms with Crippen molar-refractivity contribution in [1.82, 2.24) is 15.3 Å². The van der Waals surface area contributed by atoms with Crippen molar-refractivity contribution >= 4 is 34.6 Å². The average Bonchev–Trinajstić information content (AvgIpc) is 3.51. The lowest BCUT2D eigenvalue weighted by atomic mass is 10.1. The zero-order chi connectivity index (χ0) is 29.3. The molecule has 1 aliphatic heterocycles. The molecule has 0 unspecified atom stereocenters. The zero-order valence-corrected chi connectivity index (χ0v) is 24.1. The molecule has 42 heavy (non-hydrogen) atoms. The molecule has 1 aliphatic rings. The van der Waals surface area contributed by atoms with Gasteiger partial charge in [0.2, 0.25) is 5.91 Å². The minimum absolute atomic E-state index is 0.0219. The number of likely N-dealkylation sites (tertiary alicyclic amines) is 1. The van der Waals surface area contributed by atoms with E-state index in [0.717, 1.165) is 31.6 Å². The van der Waals surface area contributed by atoms with Crippen LogP contribution in [0.25, 0.3) is 10.9 Å². The molecule has 10 heteroatoms. The molecule has 0 saturated carbocycles. The number of nitrogens with zero attached hydrogens (tertiary/aromatic N) is 3. The van der Waals surface area contributed by atoms with Crippen LogP contribution in [0.15, 0.2) is 72.0 Å². The molecular weight excluding hydrogens is 559 g/mol. The highest BCUT2D eigenvalue weighted by Gasteiger charge is 2.15. The van der Waals surface area contributed by atoms with E-state index in [1.807, 2.05) is 6.07 Å². The van der Waals surface area contributed by atoms with Crippen molar-refractivity contribution in [3.05, 3.63) is 88.8 Å². The summed E-state index contributed by atoms with van der Waals surface area (Å²) in [6, 6.07) is 16.7. The third kappa shape index (κ3) is 7.74. The van der Waals surface area contributed by atoms with Crippen molar-refractivity contribution in [2.45, 2.75) is 25.7 Å². The van der Waals surface area contributed by atoms with Gasteiger partial charge in [0.1, 0.15) is 5.75 Å². The number of aromatic nitrogens is 1. The first-order chi connectivity index (χ1) is 20.5. The summed E-state index contributed by atoms with van der Waals surface area (Å²) in [4.78, 5) is 19.2. The number of pyridine rings is 1. The minimum atomic E-state index is -0.597. The Hall–Kier alpha value is -4.21. The number of hydrogen-bond donors (Lipinski definition) is 1. The Kier molecular flexibility index (Phi) is 9.84. The van der Waals surface area contributed by atoms with Crippen LogP contribution in [0.1, 0.15) is 30.4 Å². The summed E-state index contributed by atoms with van der Waals surface area (Å²) < 4.78 is 32.6. The third-order valence-electron chi connectivity index (χ3n) is 6.92. The topological polar surface area (TPSA) is 85.3 Å². The van der Waals surface area contributed by atoms with Crippen molar-refractivity contribution in [2.75, 3.05) is 33.4 Å². The van der Waals surface area contributed by atoms with Crippen LogP contribution in [0.2, 0.25) is 5.02 Å². The lowest BCUT2D eigenvalue weighted by Crippen LogP contribution is -2.21. The quantitative estimate of drug-likeness (QED) is 0.117. The first-order valence-electron chi connectivity index (χ1n) is 13.8. The van der Waals surface area contributed by atoms with Gasteiger partial charge >= 0.3 is 0 Å². The van der Waals surface area contributed by atoms with Gasteiger partial charge < -0.3 is 19.1 Å². The highest BCUT2D eigenvalue weighted by Crippen LogP contribution is 2.37. The smallest absolute Gasteiger partial charge is 0.244 e. The van der Waals surface area contributed by atoms with Gasteiger partial charge in [-0.1, -0.05) is 29.8 Å². The zero-order valence-electron chi connectivity index (χ0n) is 23.3. The van der Waals surface area contributed by atoms with Gasteiger partial charge in [0.25, 0.3) is 0 Å². The molecule has 8 nitrogen and oxygen atoms in total. The fraction of sp³-hybridized carbons (Fsp3) is 0.281. The van der Waals surface area contributed by atoms with E-state index >= 15 is 4.39 Å². The summed E-state index contributed by atoms with van der Waals surface area (Å²) in [7, 11) is 1.58. The van der Waals surface area contributed by atoms with E-state index in [9.17, 15) is 4.79 Å². The second-order valence-electron chi connectivity index (χ2n) is 9.97. The van der Waals surface area contributed by atoms with Crippen molar-refractivity contribution in [1.29, 1.82) is 0 Å². The van der Waals surface area contributed by atoms with Crippen LogP contribution in [0.5, 0.6) is 23.0 Å². The molecule has 1 aromatic heterocycles. The van der Waals surface area contributed by atoms with Crippen LogP contribution in [0.3, 0.4) is 0 Å². The molecule has 1 N–H and O–H groups in total. The van der Waals surface area contributed by atoms with Gasteiger partial charge in [0.15, 0.2) is 23.1 Å². The van der Waals surface area contributed by atoms with Crippen molar-refractivity contribution < 1.29 is 23.4 Å². The molecule has 4 aromatic rings. The van der Waals surface area contributed by atoms with E-state index in [-0.39, 0.29) is 18.1 Å². The number of benzene rings is 3. The maximum Gasteiger partial charge on any atom is 0.244 e. The molecule has 0 radical (unpaired) electrons. The summed E-state index contributed by atoms with van der Waals surface area (Å²) >= 11 is 5.87. The minimum Gasteiger partial charge on any atom is -0.493 e. The number of amides is 1. The normalized spacial score (nSPS) is 13.5. The van der Waals surface area contributed by atoms with Crippen molar-refractivity contribution in [2.24, 2.45) is 5.10 Å². The van der Waals surface area contributed by atoms with Gasteiger partial charge in [-0.25, -0.2) is 9.82 Å². The van der Waals surface area contributed by atoms with E-state index in [1.165, 1.54) is 31.2 Å². The maximum atomic E-state index is 15.0. The van der Waals surface area contributed by atoms with Gasteiger partial charge in [-0.3, -0.25) is 9.78 Å². The van der Waals surface area contributed by atoms with E-state index in [4.69, 9.17) is 25.8 Å². The molecule has 0 aliphatic carbocycles. The predicted molar refractivity (Wildman–Crippen MR) is 161 cm³/mol. The largest absolute Gasteiger partial charge is 0.493 e. The number of methoxy groups -OCH3 is 1. The van der Waals surface area contributed by atoms with Crippen molar-refractivity contribution in [3.63, 3.8) is 0 Å². The number of fused-ring (bicyclic) bond motifs is 1. The lowest BCUT2D eigenvalue weighted by molar-refractivity contribution is -0.120. The van der Waals surface area contributed by atoms with Crippen molar-refractivity contribution in [3.8, 4) is 23.0 Å². The van der Waals surface area contributed by atoms with Crippen LogP contribution < -0.4 is 19.6 Å². The third-order valence-corrected chi connectivity index (χ3v) is 7.17. The van der Waals surface area contributed by atoms with Gasteiger partial charge in [0.05, 0.1) is 31.9 Å². The summed E-state index contributed by atoms with van der Waals surface area (Å²) in [6.07, 6.45) is 6.51. The summed E-state index contributed by atoms with van der Waals surface area (Å²) in [6.45, 7) is 3.90. The molecule has 0 bridgehead atoms. The van der Waals surface area contributed by atoms with Gasteiger partial charge in [-0.15, -0.1) is 0 Å². The van der Waals surface area contributed by atoms with Gasteiger partial charge in [-0.2, -0.15) is 5.10 Å². The number of carbonyl (C=O) groups excluding carboxylic acids is 1. The Labute approximate surface area is 249 Å². The average molecular weight is 591 g/mol. The molecule has 218 valence electrons. The monoisotopic (exact) mass is 590 g/mol. The van der Waals surface area contributed by atoms with Crippen LogP contribution >= 0.6 is 11.6 Å².